The first-order valence-corrected chi connectivity index (χ1v) is 11.1. The molecule has 2 unspecified atom stereocenters. The van der Waals surface area contributed by atoms with Gasteiger partial charge in [0.2, 0.25) is 5.91 Å². The van der Waals surface area contributed by atoms with Crippen molar-refractivity contribution in [2.45, 2.75) is 44.7 Å². The second-order valence-electron chi connectivity index (χ2n) is 8.44. The summed E-state index contributed by atoms with van der Waals surface area (Å²) in [6.07, 6.45) is 6.11. The van der Waals surface area contributed by atoms with Crippen molar-refractivity contribution in [2.75, 3.05) is 26.2 Å². The van der Waals surface area contributed by atoms with Crippen molar-refractivity contribution >= 4 is 11.8 Å². The van der Waals surface area contributed by atoms with Gasteiger partial charge >= 0.3 is 0 Å². The summed E-state index contributed by atoms with van der Waals surface area (Å²) < 4.78 is 5.26. The van der Waals surface area contributed by atoms with Crippen LogP contribution in [0.4, 0.5) is 0 Å². The Bertz CT molecular complexity index is 823. The van der Waals surface area contributed by atoms with Crippen LogP contribution in [-0.4, -0.2) is 53.8 Å². The molecule has 6 nitrogen and oxygen atoms in total. The quantitative estimate of drug-likeness (QED) is 0.793. The van der Waals surface area contributed by atoms with Crippen molar-refractivity contribution in [3.8, 4) is 0 Å². The Labute approximate surface area is 178 Å². The smallest absolute Gasteiger partial charge is 0.289 e. The van der Waals surface area contributed by atoms with Crippen LogP contribution in [0, 0.1) is 5.92 Å². The molecule has 30 heavy (non-hydrogen) atoms. The number of amides is 2. The van der Waals surface area contributed by atoms with E-state index >= 15 is 0 Å². The molecular formula is C24H31N3O3. The molecule has 0 spiro atoms. The molecule has 2 heterocycles. The Morgan fingerprint density at radius 2 is 1.70 bits per heavy atom. The van der Waals surface area contributed by atoms with Crippen LogP contribution in [0.3, 0.4) is 0 Å². The molecule has 2 aliphatic rings. The third kappa shape index (κ3) is 4.59. The normalized spacial score (nSPS) is 20.1. The molecule has 1 aromatic heterocycles. The van der Waals surface area contributed by atoms with Gasteiger partial charge in [0.15, 0.2) is 5.76 Å². The van der Waals surface area contributed by atoms with Crippen molar-refractivity contribution in [3.63, 3.8) is 0 Å². The van der Waals surface area contributed by atoms with E-state index in [1.165, 1.54) is 19.1 Å². The molecule has 2 amide bonds. The van der Waals surface area contributed by atoms with E-state index in [-0.39, 0.29) is 23.9 Å². The van der Waals surface area contributed by atoms with Crippen molar-refractivity contribution in [1.82, 2.24) is 15.1 Å². The molecule has 0 radical (unpaired) electrons. The minimum Gasteiger partial charge on any atom is -0.459 e. The highest BCUT2D eigenvalue weighted by Gasteiger charge is 2.38. The lowest BCUT2D eigenvalue weighted by molar-refractivity contribution is -0.129. The Kier molecular flexibility index (Phi) is 6.53. The number of hydrogen-bond acceptors (Lipinski definition) is 4. The van der Waals surface area contributed by atoms with Crippen molar-refractivity contribution in [3.05, 3.63) is 60.1 Å². The summed E-state index contributed by atoms with van der Waals surface area (Å²) in [5, 5.41) is 3.25. The van der Waals surface area contributed by atoms with Crippen LogP contribution in [0.2, 0.25) is 0 Å². The van der Waals surface area contributed by atoms with E-state index in [4.69, 9.17) is 4.42 Å². The highest BCUT2D eigenvalue weighted by atomic mass is 16.3. The SMILES string of the molecule is CC(NC(=O)C(C1CCCC1)N1CCN(C(=O)c2ccco2)CC1)c1ccccc1. The maximum absolute atomic E-state index is 13.4. The first-order valence-electron chi connectivity index (χ1n) is 11.1. The molecule has 6 heteroatoms. The molecule has 0 bridgehead atoms. The minimum atomic E-state index is -0.125. The lowest BCUT2D eigenvalue weighted by Crippen LogP contribution is -2.58. The zero-order chi connectivity index (χ0) is 20.9. The van der Waals surface area contributed by atoms with E-state index in [0.717, 1.165) is 18.4 Å². The summed E-state index contributed by atoms with van der Waals surface area (Å²) in [5.41, 5.74) is 1.12. The van der Waals surface area contributed by atoms with Crippen LogP contribution < -0.4 is 5.32 Å². The molecule has 160 valence electrons. The maximum Gasteiger partial charge on any atom is 0.289 e. The van der Waals surface area contributed by atoms with Crippen LogP contribution in [0.25, 0.3) is 0 Å². The van der Waals surface area contributed by atoms with Crippen LogP contribution in [0.1, 0.15) is 54.8 Å². The van der Waals surface area contributed by atoms with E-state index < -0.39 is 0 Å². The molecule has 4 rings (SSSR count). The monoisotopic (exact) mass is 409 g/mol. The average molecular weight is 410 g/mol. The number of carbonyl (C=O) groups excluding carboxylic acids is 2. The third-order valence-corrected chi connectivity index (χ3v) is 6.50. The molecule has 2 fully saturated rings. The predicted octanol–water partition coefficient (Wildman–Crippen LogP) is 3.47. The fourth-order valence-corrected chi connectivity index (χ4v) is 4.83. The van der Waals surface area contributed by atoms with E-state index in [2.05, 4.69) is 22.3 Å². The Morgan fingerprint density at radius 1 is 1.00 bits per heavy atom. The summed E-state index contributed by atoms with van der Waals surface area (Å²) in [7, 11) is 0. The summed E-state index contributed by atoms with van der Waals surface area (Å²) in [5.74, 6) is 0.814. The van der Waals surface area contributed by atoms with Gasteiger partial charge in [0, 0.05) is 26.2 Å². The van der Waals surface area contributed by atoms with Crippen LogP contribution >= 0.6 is 0 Å². The fraction of sp³-hybridized carbons (Fsp3) is 0.500. The Hall–Kier alpha value is -2.60. The standard InChI is InChI=1S/C24H31N3O3/c1-18(19-8-3-2-4-9-19)25-23(28)22(20-10-5-6-11-20)26-13-15-27(16-14-26)24(29)21-12-7-17-30-21/h2-4,7-9,12,17-18,20,22H,5-6,10-11,13-16H2,1H3,(H,25,28). The van der Waals surface area contributed by atoms with Crippen LogP contribution in [0.5, 0.6) is 0 Å². The highest BCUT2D eigenvalue weighted by molar-refractivity contribution is 5.91. The van der Waals surface area contributed by atoms with E-state index in [1.54, 1.807) is 12.1 Å². The molecule has 2 atom stereocenters. The number of benzene rings is 1. The second kappa shape index (κ2) is 9.47. The number of furan rings is 1. The first-order chi connectivity index (χ1) is 14.6. The molecule has 1 saturated carbocycles. The Morgan fingerprint density at radius 3 is 2.33 bits per heavy atom. The predicted molar refractivity (Wildman–Crippen MR) is 115 cm³/mol. The van der Waals surface area contributed by atoms with Gasteiger partial charge in [-0.05, 0) is 43.4 Å². The number of piperazine rings is 1. The molecule has 1 aromatic carbocycles. The lowest BCUT2D eigenvalue weighted by atomic mass is 9.94. The van der Waals surface area contributed by atoms with Gasteiger partial charge < -0.3 is 14.6 Å². The van der Waals surface area contributed by atoms with Crippen molar-refractivity contribution in [2.24, 2.45) is 5.92 Å². The van der Waals surface area contributed by atoms with Gasteiger partial charge in [0.05, 0.1) is 18.3 Å². The first kappa shape index (κ1) is 20.7. The Balaban J connectivity index is 1.41. The average Bonchev–Trinajstić information content (AvgIpc) is 3.49. The number of rotatable bonds is 6. The molecular weight excluding hydrogens is 378 g/mol. The molecule has 2 aromatic rings. The molecule has 1 saturated heterocycles. The number of hydrogen-bond donors (Lipinski definition) is 1. The van der Waals surface area contributed by atoms with Gasteiger partial charge in [-0.15, -0.1) is 0 Å². The van der Waals surface area contributed by atoms with Gasteiger partial charge in [-0.1, -0.05) is 43.2 Å². The second-order valence-corrected chi connectivity index (χ2v) is 8.44. The van der Waals surface area contributed by atoms with Gasteiger partial charge in [-0.2, -0.15) is 0 Å². The summed E-state index contributed by atoms with van der Waals surface area (Å²) >= 11 is 0. The van der Waals surface area contributed by atoms with Crippen LogP contribution in [0.15, 0.2) is 53.1 Å². The van der Waals surface area contributed by atoms with E-state index in [9.17, 15) is 9.59 Å². The van der Waals surface area contributed by atoms with E-state index in [1.807, 2.05) is 30.0 Å². The number of carbonyl (C=O) groups is 2. The molecule has 1 N–H and O–H groups in total. The molecule has 1 aliphatic heterocycles. The number of nitrogens with zero attached hydrogens (tertiary/aromatic N) is 2. The van der Waals surface area contributed by atoms with Crippen molar-refractivity contribution < 1.29 is 14.0 Å². The van der Waals surface area contributed by atoms with E-state index in [0.29, 0.717) is 37.9 Å². The largest absolute Gasteiger partial charge is 0.459 e. The summed E-state index contributed by atoms with van der Waals surface area (Å²) in [6, 6.07) is 13.4. The van der Waals surface area contributed by atoms with Gasteiger partial charge in [-0.3, -0.25) is 14.5 Å². The zero-order valence-electron chi connectivity index (χ0n) is 17.6. The summed E-state index contributed by atoms with van der Waals surface area (Å²) in [6.45, 7) is 4.69. The minimum absolute atomic E-state index is 0.0237. The van der Waals surface area contributed by atoms with Crippen molar-refractivity contribution in [1.29, 1.82) is 0 Å². The molecule has 1 aliphatic carbocycles. The summed E-state index contributed by atoms with van der Waals surface area (Å²) in [4.78, 5) is 30.0. The topological polar surface area (TPSA) is 65.8 Å². The maximum atomic E-state index is 13.4. The third-order valence-electron chi connectivity index (χ3n) is 6.50. The zero-order valence-corrected chi connectivity index (χ0v) is 17.6. The lowest BCUT2D eigenvalue weighted by Gasteiger charge is -2.41. The van der Waals surface area contributed by atoms with Gasteiger partial charge in [0.1, 0.15) is 0 Å². The number of nitrogens with one attached hydrogen (secondary N) is 1. The van der Waals surface area contributed by atoms with Crippen LogP contribution in [-0.2, 0) is 4.79 Å². The van der Waals surface area contributed by atoms with Gasteiger partial charge in [0.25, 0.3) is 5.91 Å². The van der Waals surface area contributed by atoms with Gasteiger partial charge in [-0.25, -0.2) is 0 Å². The highest BCUT2D eigenvalue weighted by Crippen LogP contribution is 2.31. The fourth-order valence-electron chi connectivity index (χ4n) is 4.83.